The zero-order chi connectivity index (χ0) is 29.6. The summed E-state index contributed by atoms with van der Waals surface area (Å²) in [7, 11) is 1.25. The third kappa shape index (κ3) is 6.79. The van der Waals surface area contributed by atoms with Crippen molar-refractivity contribution in [2.45, 2.75) is 31.4 Å². The summed E-state index contributed by atoms with van der Waals surface area (Å²) in [5.41, 5.74) is 3.22. The van der Waals surface area contributed by atoms with Crippen LogP contribution in [0.25, 0.3) is 23.0 Å². The number of benzene rings is 2. The number of aromatic nitrogens is 6. The Kier molecular flexibility index (Phi) is 8.55. The molecule has 4 aromatic rings. The van der Waals surface area contributed by atoms with E-state index < -0.39 is 24.1 Å². The Morgan fingerprint density at radius 1 is 1.24 bits per heavy atom. The fourth-order valence-electron chi connectivity index (χ4n) is 4.44. The van der Waals surface area contributed by atoms with Crippen molar-refractivity contribution < 1.29 is 24.2 Å². The zero-order valence-corrected chi connectivity index (χ0v) is 23.0. The molecule has 2 unspecified atom stereocenters. The Hall–Kier alpha value is -5.08. The average molecular weight is 592 g/mol. The minimum Gasteiger partial charge on any atom is -0.453 e. The van der Waals surface area contributed by atoms with Gasteiger partial charge >= 0.3 is 6.09 Å². The molecule has 14 nitrogen and oxygen atoms in total. The number of aliphatic hydroxyl groups excluding tert-OH is 1. The van der Waals surface area contributed by atoms with Gasteiger partial charge in [-0.3, -0.25) is 14.9 Å². The topological polar surface area (TPSA) is 189 Å². The van der Waals surface area contributed by atoms with Gasteiger partial charge in [-0.25, -0.2) is 9.78 Å². The molecule has 5 rings (SSSR count). The van der Waals surface area contributed by atoms with E-state index in [1.807, 2.05) is 0 Å². The first-order valence-corrected chi connectivity index (χ1v) is 13.2. The number of aliphatic hydroxyl groups is 1. The van der Waals surface area contributed by atoms with Crippen molar-refractivity contribution in [1.82, 2.24) is 35.5 Å². The van der Waals surface area contributed by atoms with Crippen LogP contribution in [0.5, 0.6) is 0 Å². The van der Waals surface area contributed by atoms with Crippen LogP contribution >= 0.6 is 11.6 Å². The number of rotatable bonds is 5. The van der Waals surface area contributed by atoms with E-state index in [1.54, 1.807) is 48.7 Å². The third-order valence-corrected chi connectivity index (χ3v) is 6.70. The van der Waals surface area contributed by atoms with Crippen LogP contribution in [-0.2, 0) is 14.3 Å². The number of halogens is 1. The molecule has 0 fully saturated rings. The normalized spacial score (nSPS) is 17.0. The van der Waals surface area contributed by atoms with Crippen LogP contribution in [0.4, 0.5) is 16.2 Å². The van der Waals surface area contributed by atoms with Crippen molar-refractivity contribution in [3.63, 3.8) is 0 Å². The Bertz CT molecular complexity index is 1640. The summed E-state index contributed by atoms with van der Waals surface area (Å²) in [6.45, 7) is 0. The monoisotopic (exact) mass is 591 g/mol. The molecule has 0 saturated heterocycles. The number of carbonyl (C=O) groups is 3. The number of H-pyrrole nitrogens is 1. The van der Waals surface area contributed by atoms with Crippen LogP contribution in [0, 0.1) is 0 Å². The highest BCUT2D eigenvalue weighted by Crippen LogP contribution is 2.32. The second-order valence-electron chi connectivity index (χ2n) is 9.39. The van der Waals surface area contributed by atoms with Gasteiger partial charge in [-0.2, -0.15) is 4.68 Å². The van der Waals surface area contributed by atoms with Gasteiger partial charge in [0.25, 0.3) is 0 Å². The molecular formula is C27H26ClN9O5. The molecule has 216 valence electrons. The first-order valence-electron chi connectivity index (χ1n) is 12.8. The van der Waals surface area contributed by atoms with Crippen LogP contribution < -0.4 is 16.0 Å². The summed E-state index contributed by atoms with van der Waals surface area (Å²) in [6, 6.07) is 9.35. The second kappa shape index (κ2) is 12.6. The van der Waals surface area contributed by atoms with E-state index in [2.05, 4.69) is 46.2 Å². The summed E-state index contributed by atoms with van der Waals surface area (Å²) in [5, 5.41) is 30.7. The van der Waals surface area contributed by atoms with Crippen LogP contribution in [-0.4, -0.2) is 66.4 Å². The number of nitrogens with zero attached hydrogens (tertiary/aromatic N) is 5. The standard InChI is InChI=1S/C27H26ClN9O5/c1-42-27(41)31-17-4-6-19-20(11-17)32-25(40)9-5-18(38)12-21(26-29-13-22(19)34-26)33-24(39)8-2-15-10-16(28)3-7-23(15)37-14-30-35-36-37/h2-4,6-8,10-11,13-14,18,21,38H,5,9,12H2,1H3,(H,29,34)(H,31,41)(H,32,40)(H,33,39)/b8-2+. The molecule has 1 aliphatic rings. The molecule has 3 amide bonds. The van der Waals surface area contributed by atoms with Gasteiger partial charge in [0.05, 0.1) is 42.5 Å². The highest BCUT2D eigenvalue weighted by molar-refractivity contribution is 6.30. The second-order valence-corrected chi connectivity index (χ2v) is 9.82. The van der Waals surface area contributed by atoms with Crippen LogP contribution in [0.1, 0.15) is 36.7 Å². The van der Waals surface area contributed by atoms with E-state index in [-0.39, 0.29) is 25.2 Å². The first kappa shape index (κ1) is 28.4. The number of hydrogen-bond acceptors (Lipinski definition) is 9. The average Bonchev–Trinajstić information content (AvgIpc) is 3.68. The first-order chi connectivity index (χ1) is 20.3. The summed E-state index contributed by atoms with van der Waals surface area (Å²) in [5.74, 6) is -0.358. The van der Waals surface area contributed by atoms with Crippen molar-refractivity contribution in [2.24, 2.45) is 0 Å². The number of ether oxygens (including phenoxy) is 1. The van der Waals surface area contributed by atoms with Crippen molar-refractivity contribution >= 4 is 47.0 Å². The highest BCUT2D eigenvalue weighted by atomic mass is 35.5. The van der Waals surface area contributed by atoms with Crippen molar-refractivity contribution in [1.29, 1.82) is 0 Å². The lowest BCUT2D eigenvalue weighted by atomic mass is 10.0. The largest absolute Gasteiger partial charge is 0.453 e. The molecule has 2 aromatic carbocycles. The predicted octanol–water partition coefficient (Wildman–Crippen LogP) is 3.24. The lowest BCUT2D eigenvalue weighted by molar-refractivity contribution is -0.118. The number of nitrogens with one attached hydrogen (secondary N) is 4. The molecule has 42 heavy (non-hydrogen) atoms. The van der Waals surface area contributed by atoms with E-state index >= 15 is 0 Å². The molecule has 0 radical (unpaired) electrons. The Labute approximate surface area is 244 Å². The fraction of sp³-hybridized carbons (Fsp3) is 0.222. The number of anilines is 2. The fourth-order valence-corrected chi connectivity index (χ4v) is 4.62. The Morgan fingerprint density at radius 2 is 2.10 bits per heavy atom. The molecule has 1 aliphatic heterocycles. The summed E-state index contributed by atoms with van der Waals surface area (Å²) < 4.78 is 6.09. The molecule has 5 N–H and O–H groups in total. The number of carbonyl (C=O) groups excluding carboxylic acids is 3. The van der Waals surface area contributed by atoms with E-state index in [1.165, 1.54) is 24.2 Å². The minimum absolute atomic E-state index is 0.0312. The third-order valence-electron chi connectivity index (χ3n) is 6.47. The van der Waals surface area contributed by atoms with Crippen molar-refractivity contribution in [2.75, 3.05) is 17.7 Å². The Morgan fingerprint density at radius 3 is 2.88 bits per heavy atom. The van der Waals surface area contributed by atoms with E-state index in [4.69, 9.17) is 11.6 Å². The summed E-state index contributed by atoms with van der Waals surface area (Å²) >= 11 is 6.17. The maximum atomic E-state index is 13.1. The number of amides is 3. The number of methoxy groups -OCH3 is 1. The summed E-state index contributed by atoms with van der Waals surface area (Å²) in [4.78, 5) is 45.1. The van der Waals surface area contributed by atoms with E-state index in [0.29, 0.717) is 44.7 Å². The van der Waals surface area contributed by atoms with Gasteiger partial charge in [0, 0.05) is 40.8 Å². The molecule has 0 saturated carbocycles. The van der Waals surface area contributed by atoms with Gasteiger partial charge in [0.1, 0.15) is 12.2 Å². The maximum absolute atomic E-state index is 13.1. The zero-order valence-electron chi connectivity index (χ0n) is 22.2. The van der Waals surface area contributed by atoms with Gasteiger partial charge in [-0.1, -0.05) is 11.6 Å². The van der Waals surface area contributed by atoms with Crippen LogP contribution in [0.15, 0.2) is 55.0 Å². The number of aromatic amines is 1. The predicted molar refractivity (Wildman–Crippen MR) is 153 cm³/mol. The van der Waals surface area contributed by atoms with Gasteiger partial charge in [-0.05, 0) is 59.3 Å². The number of fused-ring (bicyclic) bond motifs is 4. The molecule has 2 aromatic heterocycles. The molecular weight excluding hydrogens is 566 g/mol. The molecule has 3 heterocycles. The number of imidazole rings is 1. The molecule has 2 atom stereocenters. The smallest absolute Gasteiger partial charge is 0.411 e. The summed E-state index contributed by atoms with van der Waals surface area (Å²) in [6.07, 6.45) is 4.64. The molecule has 2 bridgehead atoms. The number of tetrazole rings is 1. The SMILES string of the molecule is COC(=O)Nc1ccc2c(c1)NC(=O)CCC(O)CC(NC(=O)/C=C/c1cc(Cl)ccc1-n1cnnn1)c1ncc-2[nH]1. The lowest BCUT2D eigenvalue weighted by Gasteiger charge is -2.20. The maximum Gasteiger partial charge on any atom is 0.411 e. The lowest BCUT2D eigenvalue weighted by Crippen LogP contribution is -2.31. The number of hydrogen-bond donors (Lipinski definition) is 5. The highest BCUT2D eigenvalue weighted by Gasteiger charge is 2.24. The van der Waals surface area contributed by atoms with Crippen LogP contribution in [0.3, 0.4) is 0 Å². The van der Waals surface area contributed by atoms with Gasteiger partial charge in [0.15, 0.2) is 0 Å². The van der Waals surface area contributed by atoms with E-state index in [0.717, 1.165) is 0 Å². The van der Waals surface area contributed by atoms with Crippen molar-refractivity contribution in [3.05, 3.63) is 71.4 Å². The van der Waals surface area contributed by atoms with Gasteiger partial charge in [0.2, 0.25) is 11.8 Å². The van der Waals surface area contributed by atoms with Crippen LogP contribution in [0.2, 0.25) is 5.02 Å². The Balaban J connectivity index is 1.41. The van der Waals surface area contributed by atoms with Gasteiger partial charge in [-0.15, -0.1) is 5.10 Å². The minimum atomic E-state index is -0.913. The molecule has 0 aliphatic carbocycles. The van der Waals surface area contributed by atoms with Crippen molar-refractivity contribution in [3.8, 4) is 16.9 Å². The molecule has 15 heteroatoms. The quantitative estimate of drug-likeness (QED) is 0.217. The van der Waals surface area contributed by atoms with E-state index in [9.17, 15) is 19.5 Å². The molecule has 0 spiro atoms. The van der Waals surface area contributed by atoms with Gasteiger partial charge < -0.3 is 25.5 Å².